The van der Waals surface area contributed by atoms with Gasteiger partial charge in [-0.25, -0.2) is 0 Å². The van der Waals surface area contributed by atoms with Crippen LogP contribution in [0.4, 0.5) is 0 Å². The van der Waals surface area contributed by atoms with Gasteiger partial charge in [-0.05, 0) is 26.9 Å². The number of hydrogen-bond acceptors (Lipinski definition) is 3. The highest BCUT2D eigenvalue weighted by Gasteiger charge is 2.37. The van der Waals surface area contributed by atoms with Gasteiger partial charge >= 0.3 is 0 Å². The number of carbonyl (C=O) groups excluding carboxylic acids is 1. The van der Waals surface area contributed by atoms with Gasteiger partial charge in [0.2, 0.25) is 5.91 Å². The minimum atomic E-state index is -0.273. The van der Waals surface area contributed by atoms with E-state index in [1.165, 1.54) is 6.42 Å². The second-order valence-corrected chi connectivity index (χ2v) is 5.10. The van der Waals surface area contributed by atoms with Crippen LogP contribution in [0.3, 0.4) is 0 Å². The molecule has 1 aliphatic rings. The molecule has 0 heterocycles. The number of hydrogen-bond donors (Lipinski definition) is 2. The van der Waals surface area contributed by atoms with Crippen LogP contribution in [-0.2, 0) is 4.79 Å². The Labute approximate surface area is 98.6 Å². The van der Waals surface area contributed by atoms with E-state index >= 15 is 0 Å². The summed E-state index contributed by atoms with van der Waals surface area (Å²) in [6.45, 7) is 2.08. The third-order valence-corrected chi connectivity index (χ3v) is 3.53. The highest BCUT2D eigenvalue weighted by molar-refractivity contribution is 5.83. The standard InChI is InChI=1S/C12H25N3O/c1-15(2)9-8-14-11(16)12(10-13)6-4-3-5-7-12/h3-10,13H2,1-2H3,(H,14,16). The van der Waals surface area contributed by atoms with Crippen molar-refractivity contribution in [3.63, 3.8) is 0 Å². The Balaban J connectivity index is 2.42. The van der Waals surface area contributed by atoms with Crippen LogP contribution in [0.25, 0.3) is 0 Å². The Morgan fingerprint density at radius 1 is 1.31 bits per heavy atom. The number of amides is 1. The first-order valence-electron chi connectivity index (χ1n) is 6.24. The molecule has 1 rings (SSSR count). The lowest BCUT2D eigenvalue weighted by Crippen LogP contribution is -2.48. The van der Waals surface area contributed by atoms with E-state index in [0.29, 0.717) is 13.1 Å². The van der Waals surface area contributed by atoms with E-state index in [1.54, 1.807) is 0 Å². The number of carbonyl (C=O) groups is 1. The van der Waals surface area contributed by atoms with Gasteiger partial charge in [-0.2, -0.15) is 0 Å². The molecule has 1 fully saturated rings. The number of nitrogens with two attached hydrogens (primary N) is 1. The van der Waals surface area contributed by atoms with Crippen molar-refractivity contribution in [1.29, 1.82) is 0 Å². The molecule has 0 saturated heterocycles. The fraction of sp³-hybridized carbons (Fsp3) is 0.917. The van der Waals surface area contributed by atoms with Crippen LogP contribution in [-0.4, -0.2) is 44.5 Å². The first kappa shape index (κ1) is 13.5. The van der Waals surface area contributed by atoms with Crippen molar-refractivity contribution in [1.82, 2.24) is 10.2 Å². The third-order valence-electron chi connectivity index (χ3n) is 3.53. The Hall–Kier alpha value is -0.610. The van der Waals surface area contributed by atoms with Crippen molar-refractivity contribution in [2.75, 3.05) is 33.7 Å². The highest BCUT2D eigenvalue weighted by atomic mass is 16.2. The Morgan fingerprint density at radius 2 is 1.94 bits per heavy atom. The molecule has 16 heavy (non-hydrogen) atoms. The van der Waals surface area contributed by atoms with Crippen molar-refractivity contribution in [2.24, 2.45) is 11.1 Å². The summed E-state index contributed by atoms with van der Waals surface area (Å²) in [6.07, 6.45) is 5.43. The average Bonchev–Trinajstić information content (AvgIpc) is 2.29. The van der Waals surface area contributed by atoms with Crippen LogP contribution >= 0.6 is 0 Å². The van der Waals surface area contributed by atoms with Gasteiger partial charge in [0.05, 0.1) is 5.41 Å². The van der Waals surface area contributed by atoms with Crippen LogP contribution in [0, 0.1) is 5.41 Å². The van der Waals surface area contributed by atoms with Crippen LogP contribution < -0.4 is 11.1 Å². The van der Waals surface area contributed by atoms with Gasteiger partial charge in [0.25, 0.3) is 0 Å². The lowest BCUT2D eigenvalue weighted by molar-refractivity contribution is -0.132. The SMILES string of the molecule is CN(C)CCNC(=O)C1(CN)CCCCC1. The zero-order valence-electron chi connectivity index (χ0n) is 10.6. The van der Waals surface area contributed by atoms with Crippen LogP contribution in [0.1, 0.15) is 32.1 Å². The van der Waals surface area contributed by atoms with Gasteiger partial charge in [0.1, 0.15) is 0 Å². The molecular weight excluding hydrogens is 202 g/mol. The van der Waals surface area contributed by atoms with Crippen LogP contribution in [0.2, 0.25) is 0 Å². The first-order chi connectivity index (χ1) is 7.60. The molecule has 0 aromatic carbocycles. The molecule has 1 aliphatic carbocycles. The van der Waals surface area contributed by atoms with E-state index in [4.69, 9.17) is 5.73 Å². The molecule has 0 bridgehead atoms. The van der Waals surface area contributed by atoms with E-state index in [9.17, 15) is 4.79 Å². The second-order valence-electron chi connectivity index (χ2n) is 5.10. The maximum absolute atomic E-state index is 12.1. The summed E-state index contributed by atoms with van der Waals surface area (Å²) in [5.41, 5.74) is 5.53. The molecule has 0 atom stereocenters. The Kier molecular flexibility index (Phi) is 5.22. The van der Waals surface area contributed by atoms with E-state index in [2.05, 4.69) is 10.2 Å². The monoisotopic (exact) mass is 227 g/mol. The molecule has 1 amide bonds. The minimum absolute atomic E-state index is 0.163. The predicted octanol–water partition coefficient (Wildman–Crippen LogP) is 0.573. The van der Waals surface area contributed by atoms with Gasteiger partial charge in [0, 0.05) is 19.6 Å². The highest BCUT2D eigenvalue weighted by Crippen LogP contribution is 2.35. The summed E-state index contributed by atoms with van der Waals surface area (Å²) in [6, 6.07) is 0. The summed E-state index contributed by atoms with van der Waals surface area (Å²) >= 11 is 0. The fourth-order valence-electron chi connectivity index (χ4n) is 2.33. The van der Waals surface area contributed by atoms with Gasteiger partial charge in [0.15, 0.2) is 0 Å². The molecule has 0 spiro atoms. The van der Waals surface area contributed by atoms with Crippen molar-refractivity contribution in [3.8, 4) is 0 Å². The maximum Gasteiger partial charge on any atom is 0.227 e. The van der Waals surface area contributed by atoms with Gasteiger partial charge in [-0.1, -0.05) is 19.3 Å². The zero-order valence-corrected chi connectivity index (χ0v) is 10.6. The molecule has 0 aromatic rings. The molecule has 4 heteroatoms. The van der Waals surface area contributed by atoms with Gasteiger partial charge in [-0.3, -0.25) is 4.79 Å². The lowest BCUT2D eigenvalue weighted by Gasteiger charge is -2.34. The smallest absolute Gasteiger partial charge is 0.227 e. The fourth-order valence-corrected chi connectivity index (χ4v) is 2.33. The first-order valence-corrected chi connectivity index (χ1v) is 6.24. The number of nitrogens with zero attached hydrogens (tertiary/aromatic N) is 1. The second kappa shape index (κ2) is 6.21. The molecule has 0 radical (unpaired) electrons. The lowest BCUT2D eigenvalue weighted by atomic mass is 9.73. The Morgan fingerprint density at radius 3 is 2.44 bits per heavy atom. The van der Waals surface area contributed by atoms with E-state index < -0.39 is 0 Å². The summed E-state index contributed by atoms with van der Waals surface area (Å²) < 4.78 is 0. The van der Waals surface area contributed by atoms with Crippen molar-refractivity contribution < 1.29 is 4.79 Å². The Bertz CT molecular complexity index is 222. The van der Waals surface area contributed by atoms with Gasteiger partial charge < -0.3 is 16.0 Å². The predicted molar refractivity (Wildman–Crippen MR) is 66.1 cm³/mol. The maximum atomic E-state index is 12.1. The van der Waals surface area contributed by atoms with E-state index in [-0.39, 0.29) is 11.3 Å². The van der Waals surface area contributed by atoms with Gasteiger partial charge in [-0.15, -0.1) is 0 Å². The molecule has 0 unspecified atom stereocenters. The molecule has 4 nitrogen and oxygen atoms in total. The van der Waals surface area contributed by atoms with Crippen LogP contribution in [0.15, 0.2) is 0 Å². The summed E-state index contributed by atoms with van der Waals surface area (Å²) in [4.78, 5) is 14.2. The minimum Gasteiger partial charge on any atom is -0.354 e. The van der Waals surface area contributed by atoms with Crippen molar-refractivity contribution >= 4 is 5.91 Å². The number of rotatable bonds is 5. The zero-order chi connectivity index (χ0) is 12.0. The third kappa shape index (κ3) is 3.46. The molecule has 1 saturated carbocycles. The normalized spacial score (nSPS) is 19.8. The van der Waals surface area contributed by atoms with E-state index in [1.807, 2.05) is 14.1 Å². The van der Waals surface area contributed by atoms with Crippen LogP contribution in [0.5, 0.6) is 0 Å². The summed E-state index contributed by atoms with van der Waals surface area (Å²) in [5, 5.41) is 3.01. The largest absolute Gasteiger partial charge is 0.354 e. The quantitative estimate of drug-likeness (QED) is 0.722. The van der Waals surface area contributed by atoms with E-state index in [0.717, 1.165) is 32.2 Å². The summed E-state index contributed by atoms with van der Waals surface area (Å²) in [7, 11) is 4.01. The molecule has 0 aromatic heterocycles. The summed E-state index contributed by atoms with van der Waals surface area (Å²) in [5.74, 6) is 0.163. The van der Waals surface area contributed by atoms with Crippen molar-refractivity contribution in [2.45, 2.75) is 32.1 Å². The molecule has 94 valence electrons. The van der Waals surface area contributed by atoms with Crippen molar-refractivity contribution in [3.05, 3.63) is 0 Å². The average molecular weight is 227 g/mol. The molecular formula is C12H25N3O. The molecule has 0 aliphatic heterocycles. The topological polar surface area (TPSA) is 58.4 Å². The number of likely N-dealkylation sites (N-methyl/N-ethyl adjacent to an activating group) is 1. The number of nitrogens with one attached hydrogen (secondary N) is 1. The molecule has 3 N–H and O–H groups in total.